The molecule has 2 aromatic rings. The highest BCUT2D eigenvalue weighted by atomic mass is 19.3. The van der Waals surface area contributed by atoms with E-state index in [0.29, 0.717) is 44.5 Å². The molecule has 1 aromatic heterocycles. The van der Waals surface area contributed by atoms with Crippen LogP contribution in [0.25, 0.3) is 0 Å². The molecule has 2 heterocycles. The van der Waals surface area contributed by atoms with Crippen LogP contribution in [-0.2, 0) is 4.79 Å². The maximum atomic E-state index is 14.7. The number of benzene rings is 1. The van der Waals surface area contributed by atoms with Crippen molar-refractivity contribution in [2.75, 3.05) is 24.6 Å². The van der Waals surface area contributed by atoms with Crippen molar-refractivity contribution in [2.45, 2.75) is 63.9 Å². The van der Waals surface area contributed by atoms with E-state index in [-0.39, 0.29) is 23.6 Å². The molecule has 0 bridgehead atoms. The molecule has 1 saturated carbocycles. The molecule has 1 saturated heterocycles. The van der Waals surface area contributed by atoms with Crippen molar-refractivity contribution >= 4 is 11.6 Å². The minimum atomic E-state index is -3.10. The Morgan fingerprint density at radius 1 is 1.21 bits per heavy atom. The number of ether oxygens (including phenoxy) is 2. The first-order valence-corrected chi connectivity index (χ1v) is 11.7. The van der Waals surface area contributed by atoms with E-state index < -0.39 is 24.2 Å². The molecule has 184 valence electrons. The predicted octanol–water partition coefficient (Wildman–Crippen LogP) is 5.17. The van der Waals surface area contributed by atoms with Crippen molar-refractivity contribution in [3.63, 3.8) is 0 Å². The average Bonchev–Trinajstić information content (AvgIpc) is 3.23. The highest BCUT2D eigenvalue weighted by molar-refractivity contribution is 5.85. The molecular formula is C25H30F3N3O3. The summed E-state index contributed by atoms with van der Waals surface area (Å²) >= 11 is 0. The molecule has 9 heteroatoms. The molecule has 1 aliphatic heterocycles. The molecule has 2 unspecified atom stereocenters. The molecule has 2 atom stereocenters. The number of aromatic nitrogens is 2. The third kappa shape index (κ3) is 5.98. The highest BCUT2D eigenvalue weighted by Crippen LogP contribution is 2.33. The van der Waals surface area contributed by atoms with Crippen LogP contribution >= 0.6 is 0 Å². The highest BCUT2D eigenvalue weighted by Gasteiger charge is 2.30. The minimum absolute atomic E-state index is 0.00432. The van der Waals surface area contributed by atoms with E-state index in [1.165, 1.54) is 6.42 Å². The Morgan fingerprint density at radius 3 is 2.59 bits per heavy atom. The molecule has 2 fully saturated rings. The number of ketones is 1. The van der Waals surface area contributed by atoms with Gasteiger partial charge in [-0.05, 0) is 23.6 Å². The number of nitrogens with zero attached hydrogens (tertiary/aromatic N) is 3. The Morgan fingerprint density at radius 2 is 1.94 bits per heavy atom. The third-order valence-electron chi connectivity index (χ3n) is 6.53. The lowest BCUT2D eigenvalue weighted by atomic mass is 9.79. The first-order chi connectivity index (χ1) is 16.2. The maximum absolute atomic E-state index is 14.7. The van der Waals surface area contributed by atoms with Gasteiger partial charge in [-0.1, -0.05) is 38.3 Å². The molecule has 1 aliphatic carbocycles. The van der Waals surface area contributed by atoms with Crippen LogP contribution < -0.4 is 14.4 Å². The van der Waals surface area contributed by atoms with E-state index in [9.17, 15) is 18.0 Å². The fourth-order valence-electron chi connectivity index (χ4n) is 4.25. The van der Waals surface area contributed by atoms with Crippen LogP contribution in [-0.4, -0.2) is 47.5 Å². The van der Waals surface area contributed by atoms with Crippen molar-refractivity contribution in [3.05, 3.63) is 42.0 Å². The van der Waals surface area contributed by atoms with Gasteiger partial charge in [0.1, 0.15) is 24.0 Å². The summed E-state index contributed by atoms with van der Waals surface area (Å²) in [5, 5.41) is 0. The molecule has 0 radical (unpaired) electrons. The second kappa shape index (κ2) is 10.2. The average molecular weight is 478 g/mol. The first-order valence-electron chi connectivity index (χ1n) is 11.7. The van der Waals surface area contributed by atoms with Crippen molar-refractivity contribution in [1.82, 2.24) is 9.97 Å². The van der Waals surface area contributed by atoms with Crippen molar-refractivity contribution < 1.29 is 27.4 Å². The van der Waals surface area contributed by atoms with E-state index in [2.05, 4.69) is 9.97 Å². The molecule has 0 N–H and O–H groups in total. The number of hydrogen-bond donors (Lipinski definition) is 0. The number of carbonyl (C=O) groups excluding carboxylic acids is 1. The predicted molar refractivity (Wildman–Crippen MR) is 121 cm³/mol. The zero-order valence-electron chi connectivity index (χ0n) is 19.5. The van der Waals surface area contributed by atoms with E-state index in [0.717, 1.165) is 24.7 Å². The lowest BCUT2D eigenvalue weighted by molar-refractivity contribution is -0.121. The number of rotatable bonds is 10. The van der Waals surface area contributed by atoms with Crippen molar-refractivity contribution in [3.8, 4) is 11.6 Å². The van der Waals surface area contributed by atoms with Gasteiger partial charge < -0.3 is 14.4 Å². The molecule has 0 spiro atoms. The molecule has 1 aromatic carbocycles. The lowest BCUT2D eigenvalue weighted by Crippen LogP contribution is -2.27. The number of Topliss-reactive ketones (excluding diaryl/α,β-unsaturated/α-hetero) is 1. The second-order valence-electron chi connectivity index (χ2n) is 9.41. The van der Waals surface area contributed by atoms with Gasteiger partial charge in [0.2, 0.25) is 5.82 Å². The van der Waals surface area contributed by atoms with Gasteiger partial charge in [0.15, 0.2) is 12.4 Å². The second-order valence-corrected chi connectivity index (χ2v) is 9.41. The van der Waals surface area contributed by atoms with Crippen LogP contribution in [0.5, 0.6) is 11.6 Å². The number of alkyl halides is 2. The number of hydrogen-bond acceptors (Lipinski definition) is 6. The summed E-state index contributed by atoms with van der Waals surface area (Å²) in [6.07, 6.45) is 5.75. The Bertz CT molecular complexity index is 993. The molecular weight excluding hydrogens is 447 g/mol. The van der Waals surface area contributed by atoms with E-state index in [1.54, 1.807) is 4.90 Å². The first kappa shape index (κ1) is 24.3. The van der Waals surface area contributed by atoms with Gasteiger partial charge >= 0.3 is 0 Å². The summed E-state index contributed by atoms with van der Waals surface area (Å²) in [6, 6.07) is 7.55. The van der Waals surface area contributed by atoms with Crippen LogP contribution in [0.1, 0.15) is 57.4 Å². The quantitative estimate of drug-likeness (QED) is 0.471. The Hall–Kier alpha value is -2.84. The summed E-state index contributed by atoms with van der Waals surface area (Å²) in [5.41, 5.74) is 0.970. The molecule has 6 nitrogen and oxygen atoms in total. The van der Waals surface area contributed by atoms with Gasteiger partial charge in [0, 0.05) is 32.2 Å². The fraction of sp³-hybridized carbons (Fsp3) is 0.560. The Labute approximate surface area is 197 Å². The molecule has 0 amide bonds. The molecule has 4 rings (SSSR count). The zero-order valence-corrected chi connectivity index (χ0v) is 19.5. The molecule has 2 aliphatic rings. The molecule has 34 heavy (non-hydrogen) atoms. The van der Waals surface area contributed by atoms with Gasteiger partial charge in [0.05, 0.1) is 6.54 Å². The van der Waals surface area contributed by atoms with E-state index in [4.69, 9.17) is 9.47 Å². The van der Waals surface area contributed by atoms with E-state index >= 15 is 0 Å². The Kier molecular flexibility index (Phi) is 7.28. The van der Waals surface area contributed by atoms with Crippen LogP contribution in [0.4, 0.5) is 19.0 Å². The number of anilines is 1. The van der Waals surface area contributed by atoms with Crippen molar-refractivity contribution in [2.24, 2.45) is 5.92 Å². The van der Waals surface area contributed by atoms with Gasteiger partial charge in [-0.25, -0.2) is 13.8 Å². The van der Waals surface area contributed by atoms with Crippen LogP contribution in [0.3, 0.4) is 0 Å². The minimum Gasteiger partial charge on any atom is -0.489 e. The van der Waals surface area contributed by atoms with E-state index in [1.807, 2.05) is 31.2 Å². The summed E-state index contributed by atoms with van der Waals surface area (Å²) in [4.78, 5) is 21.8. The van der Waals surface area contributed by atoms with Crippen LogP contribution in [0.15, 0.2) is 30.6 Å². The van der Waals surface area contributed by atoms with Gasteiger partial charge in [0.25, 0.3) is 11.8 Å². The SMILES string of the molecule is CC(C(=O)CC1CCC1)c1ccc(OC2CCN(c3ncnc(OCC(C)(F)F)c3F)C2)cc1. The number of carbonyl (C=O) groups is 1. The standard InChI is InChI=1S/C25H30F3N3O3/c1-16(21(32)12-17-4-3-5-17)18-6-8-19(9-7-18)34-20-10-11-31(13-20)23-22(26)24(30-15-29-23)33-14-25(2,27)28/h6-9,15-17,20H,3-5,10-14H2,1-2H3. The van der Waals surface area contributed by atoms with Gasteiger partial charge in [-0.3, -0.25) is 4.79 Å². The van der Waals surface area contributed by atoms with Crippen LogP contribution in [0, 0.1) is 11.7 Å². The smallest absolute Gasteiger partial charge is 0.278 e. The summed E-state index contributed by atoms with van der Waals surface area (Å²) in [6.45, 7) is 2.55. The van der Waals surface area contributed by atoms with Crippen LogP contribution in [0.2, 0.25) is 0 Å². The largest absolute Gasteiger partial charge is 0.489 e. The summed E-state index contributed by atoms with van der Waals surface area (Å²) in [5.74, 6) is -3.08. The maximum Gasteiger partial charge on any atom is 0.278 e. The number of halogens is 3. The third-order valence-corrected chi connectivity index (χ3v) is 6.53. The fourth-order valence-corrected chi connectivity index (χ4v) is 4.25. The zero-order chi connectivity index (χ0) is 24.3. The lowest BCUT2D eigenvalue weighted by Gasteiger charge is -2.25. The van der Waals surface area contributed by atoms with Crippen molar-refractivity contribution in [1.29, 1.82) is 0 Å². The monoisotopic (exact) mass is 477 g/mol. The summed E-state index contributed by atoms with van der Waals surface area (Å²) in [7, 11) is 0. The van der Waals surface area contributed by atoms with Gasteiger partial charge in [-0.2, -0.15) is 9.37 Å². The Balaban J connectivity index is 1.32. The normalized spacial score (nSPS) is 19.6. The summed E-state index contributed by atoms with van der Waals surface area (Å²) < 4.78 is 51.7. The van der Waals surface area contributed by atoms with Gasteiger partial charge in [-0.15, -0.1) is 0 Å². The topological polar surface area (TPSA) is 64.5 Å².